The van der Waals surface area contributed by atoms with Gasteiger partial charge in [-0.05, 0) is 30.4 Å². The predicted molar refractivity (Wildman–Crippen MR) is 90.2 cm³/mol. The van der Waals surface area contributed by atoms with E-state index in [1.165, 1.54) is 7.05 Å². The molecule has 0 aliphatic carbocycles. The van der Waals surface area contributed by atoms with Gasteiger partial charge in [0.1, 0.15) is 5.56 Å². The fraction of sp³-hybridized carbons (Fsp3) is 0.444. The largest absolute Gasteiger partial charge is 0.322 e. The Morgan fingerprint density at radius 1 is 1.35 bits per heavy atom. The van der Waals surface area contributed by atoms with Crippen LogP contribution in [-0.4, -0.2) is 15.7 Å². The number of hydrogen-bond donors (Lipinski definition) is 1. The molecule has 1 heterocycles. The summed E-state index contributed by atoms with van der Waals surface area (Å²) in [5.41, 5.74) is 2.08. The number of rotatable bonds is 5. The molecule has 0 saturated heterocycles. The Kier molecular flexibility index (Phi) is 4.88. The summed E-state index contributed by atoms with van der Waals surface area (Å²) in [4.78, 5) is 12.5. The minimum atomic E-state index is -0.620. The fourth-order valence-electron chi connectivity index (χ4n) is 3.01. The molecule has 1 aromatic heterocycles. The molecule has 0 aliphatic heterocycles. The van der Waals surface area contributed by atoms with Crippen LogP contribution >= 0.6 is 0 Å². The molecule has 5 heteroatoms. The van der Waals surface area contributed by atoms with E-state index in [9.17, 15) is 9.18 Å². The van der Waals surface area contributed by atoms with Crippen molar-refractivity contribution in [1.29, 1.82) is 0 Å². The Balaban J connectivity index is 2.36. The number of anilines is 1. The number of benzene rings is 1. The van der Waals surface area contributed by atoms with Gasteiger partial charge in [-0.2, -0.15) is 9.49 Å². The van der Waals surface area contributed by atoms with E-state index in [4.69, 9.17) is 0 Å². The minimum absolute atomic E-state index is 0.00407. The van der Waals surface area contributed by atoms with Crippen molar-refractivity contribution in [3.8, 4) is 0 Å². The third-order valence-corrected chi connectivity index (χ3v) is 4.16. The molecule has 1 aromatic carbocycles. The molecule has 124 valence electrons. The Morgan fingerprint density at radius 3 is 2.57 bits per heavy atom. The molecule has 0 radical (unpaired) electrons. The molecule has 0 saturated carbocycles. The van der Waals surface area contributed by atoms with Crippen molar-refractivity contribution in [2.75, 3.05) is 5.32 Å². The smallest absolute Gasteiger partial charge is 0.262 e. The number of hydrogen-bond acceptors (Lipinski definition) is 2. The van der Waals surface area contributed by atoms with Crippen LogP contribution in [0, 0.1) is 12.9 Å². The van der Waals surface area contributed by atoms with Crippen molar-refractivity contribution in [1.82, 2.24) is 9.78 Å². The first-order valence-electron chi connectivity index (χ1n) is 7.88. The Bertz CT molecular complexity index is 719. The number of nitrogens with zero attached hydrogens (tertiary/aromatic N) is 2. The first kappa shape index (κ1) is 17.2. The lowest BCUT2D eigenvalue weighted by atomic mass is 9.80. The summed E-state index contributed by atoms with van der Waals surface area (Å²) in [7, 11) is 1.48. The summed E-state index contributed by atoms with van der Waals surface area (Å²) >= 11 is 0. The van der Waals surface area contributed by atoms with E-state index in [0.29, 0.717) is 5.69 Å². The Hall–Kier alpha value is -2.17. The van der Waals surface area contributed by atoms with E-state index in [0.717, 1.165) is 28.8 Å². The molecule has 23 heavy (non-hydrogen) atoms. The van der Waals surface area contributed by atoms with E-state index < -0.39 is 11.9 Å². The summed E-state index contributed by atoms with van der Waals surface area (Å²) in [5.74, 6) is -1.09. The molecule has 0 bridgehead atoms. The summed E-state index contributed by atoms with van der Waals surface area (Å²) in [6, 6.07) is 7.69. The molecule has 2 rings (SSSR count). The lowest BCUT2D eigenvalue weighted by molar-refractivity contribution is 0.102. The summed E-state index contributed by atoms with van der Waals surface area (Å²) in [6.45, 7) is 8.07. The Labute approximate surface area is 136 Å². The van der Waals surface area contributed by atoms with Gasteiger partial charge in [0.05, 0.1) is 5.69 Å². The van der Waals surface area contributed by atoms with E-state index in [-0.39, 0.29) is 11.0 Å². The van der Waals surface area contributed by atoms with Crippen molar-refractivity contribution in [2.24, 2.45) is 7.05 Å². The predicted octanol–water partition coefficient (Wildman–Crippen LogP) is 4.20. The zero-order chi connectivity index (χ0) is 17.2. The van der Waals surface area contributed by atoms with Crippen LogP contribution in [-0.2, 0) is 12.5 Å². The van der Waals surface area contributed by atoms with Crippen LogP contribution in [0.3, 0.4) is 0 Å². The van der Waals surface area contributed by atoms with E-state index >= 15 is 0 Å². The fourth-order valence-corrected chi connectivity index (χ4v) is 3.01. The number of para-hydroxylation sites is 1. The van der Waals surface area contributed by atoms with Gasteiger partial charge in [-0.25, -0.2) is 4.68 Å². The van der Waals surface area contributed by atoms with Gasteiger partial charge in [0.25, 0.3) is 5.91 Å². The summed E-state index contributed by atoms with van der Waals surface area (Å²) < 4.78 is 15.2. The molecular weight excluding hydrogens is 293 g/mol. The summed E-state index contributed by atoms with van der Waals surface area (Å²) in [5, 5.41) is 6.81. The summed E-state index contributed by atoms with van der Waals surface area (Å²) in [6.07, 6.45) is 2.05. The second kappa shape index (κ2) is 6.52. The molecule has 4 nitrogen and oxygen atoms in total. The van der Waals surface area contributed by atoms with Crippen LogP contribution in [0.2, 0.25) is 0 Å². The first-order chi connectivity index (χ1) is 10.8. The highest BCUT2D eigenvalue weighted by Crippen LogP contribution is 2.34. The number of amides is 1. The lowest BCUT2D eigenvalue weighted by Crippen LogP contribution is -2.22. The Morgan fingerprint density at radius 2 is 2.00 bits per heavy atom. The second-order valence-corrected chi connectivity index (χ2v) is 6.51. The van der Waals surface area contributed by atoms with Gasteiger partial charge in [0.15, 0.2) is 0 Å². The zero-order valence-corrected chi connectivity index (χ0v) is 14.4. The van der Waals surface area contributed by atoms with Crippen LogP contribution in [0.25, 0.3) is 0 Å². The van der Waals surface area contributed by atoms with Gasteiger partial charge in [-0.1, -0.05) is 45.4 Å². The van der Waals surface area contributed by atoms with Gasteiger partial charge >= 0.3 is 0 Å². The van der Waals surface area contributed by atoms with E-state index in [1.807, 2.05) is 24.3 Å². The van der Waals surface area contributed by atoms with Crippen LogP contribution in [0.1, 0.15) is 55.2 Å². The van der Waals surface area contributed by atoms with Gasteiger partial charge in [0.2, 0.25) is 5.95 Å². The number of carbonyl (C=O) groups excluding carboxylic acids is 1. The van der Waals surface area contributed by atoms with Crippen molar-refractivity contribution in [2.45, 2.75) is 46.0 Å². The maximum absolute atomic E-state index is 14.1. The van der Waals surface area contributed by atoms with Gasteiger partial charge in [-0.15, -0.1) is 0 Å². The van der Waals surface area contributed by atoms with Crippen molar-refractivity contribution >= 4 is 11.6 Å². The average molecular weight is 317 g/mol. The highest BCUT2D eigenvalue weighted by molar-refractivity contribution is 6.05. The van der Waals surface area contributed by atoms with Crippen molar-refractivity contribution in [3.63, 3.8) is 0 Å². The maximum Gasteiger partial charge on any atom is 0.262 e. The molecule has 1 N–H and O–H groups in total. The monoisotopic (exact) mass is 317 g/mol. The van der Waals surface area contributed by atoms with Gasteiger partial charge in [0, 0.05) is 12.7 Å². The normalized spacial score (nSPS) is 11.6. The SMILES string of the molecule is CCCC(C)(C)c1ccccc1NC(=O)c1c(C)nn(C)c1F. The molecule has 0 aliphatic rings. The maximum atomic E-state index is 14.1. The lowest BCUT2D eigenvalue weighted by Gasteiger charge is -2.27. The van der Waals surface area contributed by atoms with Crippen LogP contribution in [0.15, 0.2) is 24.3 Å². The number of aryl methyl sites for hydroxylation is 2. The minimum Gasteiger partial charge on any atom is -0.322 e. The molecular formula is C18H24FN3O. The van der Waals surface area contributed by atoms with E-state index in [1.54, 1.807) is 6.92 Å². The highest BCUT2D eigenvalue weighted by atomic mass is 19.1. The molecule has 2 aromatic rings. The topological polar surface area (TPSA) is 46.9 Å². The standard InChI is InChI=1S/C18H24FN3O/c1-6-11-18(3,4)13-9-7-8-10-14(13)20-17(23)15-12(2)21-22(5)16(15)19/h7-10H,6,11H2,1-5H3,(H,20,23). The average Bonchev–Trinajstić information content (AvgIpc) is 2.72. The highest BCUT2D eigenvalue weighted by Gasteiger charge is 2.25. The third-order valence-electron chi connectivity index (χ3n) is 4.16. The number of halogens is 1. The zero-order valence-electron chi connectivity index (χ0n) is 14.4. The van der Waals surface area contributed by atoms with Crippen molar-refractivity contribution < 1.29 is 9.18 Å². The van der Waals surface area contributed by atoms with Crippen molar-refractivity contribution in [3.05, 3.63) is 47.0 Å². The quantitative estimate of drug-likeness (QED) is 0.898. The van der Waals surface area contributed by atoms with Crippen LogP contribution < -0.4 is 5.32 Å². The first-order valence-corrected chi connectivity index (χ1v) is 7.88. The van der Waals surface area contributed by atoms with Crippen LogP contribution in [0.5, 0.6) is 0 Å². The van der Waals surface area contributed by atoms with Gasteiger partial charge < -0.3 is 5.32 Å². The molecule has 0 spiro atoms. The van der Waals surface area contributed by atoms with Gasteiger partial charge in [-0.3, -0.25) is 4.79 Å². The number of nitrogens with one attached hydrogen (secondary N) is 1. The molecule has 0 atom stereocenters. The number of carbonyl (C=O) groups is 1. The molecule has 0 fully saturated rings. The number of aromatic nitrogens is 2. The third kappa shape index (κ3) is 3.44. The molecule has 0 unspecified atom stereocenters. The molecule has 1 amide bonds. The van der Waals surface area contributed by atoms with E-state index in [2.05, 4.69) is 31.2 Å². The second-order valence-electron chi connectivity index (χ2n) is 6.51. The van der Waals surface area contributed by atoms with Crippen LogP contribution in [0.4, 0.5) is 10.1 Å².